The Morgan fingerprint density at radius 1 is 1.37 bits per heavy atom. The molecule has 0 aromatic rings. The molecule has 0 saturated heterocycles. The van der Waals surface area contributed by atoms with Gasteiger partial charge in [-0.3, -0.25) is 4.79 Å². The van der Waals surface area contributed by atoms with E-state index in [1.807, 2.05) is 0 Å². The summed E-state index contributed by atoms with van der Waals surface area (Å²) in [6.45, 7) is 11.1. The second-order valence-corrected chi connectivity index (χ2v) is 7.77. The molecule has 0 radical (unpaired) electrons. The zero-order chi connectivity index (χ0) is 14.4. The van der Waals surface area contributed by atoms with E-state index in [-0.39, 0.29) is 22.9 Å². The third kappa shape index (κ3) is 2.31. The number of hydrogen-bond donors (Lipinski definition) is 1. The first-order valence-electron chi connectivity index (χ1n) is 7.64. The maximum atomic E-state index is 12.1. The molecule has 2 bridgehead atoms. The monoisotopic (exact) mass is 267 g/mol. The lowest BCUT2D eigenvalue weighted by Gasteiger charge is -2.38. The van der Waals surface area contributed by atoms with Gasteiger partial charge in [-0.15, -0.1) is 0 Å². The minimum Gasteiger partial charge on any atom is -0.461 e. The molecule has 2 N–H and O–H groups in total. The fourth-order valence-corrected chi connectivity index (χ4v) is 4.14. The fourth-order valence-electron chi connectivity index (χ4n) is 4.14. The first kappa shape index (κ1) is 14.8. The highest BCUT2D eigenvalue weighted by Gasteiger charge is 2.62. The van der Waals surface area contributed by atoms with Crippen molar-refractivity contribution >= 4 is 5.97 Å². The van der Waals surface area contributed by atoms with Crippen molar-refractivity contribution in [2.75, 3.05) is 0 Å². The van der Waals surface area contributed by atoms with Crippen molar-refractivity contribution in [3.8, 4) is 0 Å². The van der Waals surface area contributed by atoms with E-state index in [1.165, 1.54) is 12.8 Å². The summed E-state index contributed by atoms with van der Waals surface area (Å²) in [5.74, 6) is 0.912. The van der Waals surface area contributed by atoms with Gasteiger partial charge in [0.25, 0.3) is 0 Å². The van der Waals surface area contributed by atoms with Gasteiger partial charge in [0.2, 0.25) is 0 Å². The predicted octanol–water partition coefficient (Wildman–Crippen LogP) is 3.12. The van der Waals surface area contributed by atoms with Crippen LogP contribution >= 0.6 is 0 Å². The topological polar surface area (TPSA) is 52.3 Å². The zero-order valence-corrected chi connectivity index (χ0v) is 13.0. The molecule has 3 nitrogen and oxygen atoms in total. The molecule has 2 rings (SSSR count). The van der Waals surface area contributed by atoms with Gasteiger partial charge in [0.15, 0.2) is 0 Å². The molecular formula is C16H29NO2. The Morgan fingerprint density at radius 3 is 2.42 bits per heavy atom. The smallest absolute Gasteiger partial charge is 0.323 e. The lowest BCUT2D eigenvalue weighted by atomic mass is 9.70. The van der Waals surface area contributed by atoms with Crippen LogP contribution in [0.3, 0.4) is 0 Å². The van der Waals surface area contributed by atoms with Gasteiger partial charge in [-0.05, 0) is 42.9 Å². The molecule has 2 aliphatic carbocycles. The van der Waals surface area contributed by atoms with Crippen molar-refractivity contribution in [2.45, 2.75) is 72.4 Å². The fraction of sp³-hybridized carbons (Fsp3) is 0.938. The summed E-state index contributed by atoms with van der Waals surface area (Å²) in [6.07, 6.45) is 4.23. The Morgan fingerprint density at radius 2 is 2.00 bits per heavy atom. The van der Waals surface area contributed by atoms with E-state index in [1.54, 1.807) is 0 Å². The van der Waals surface area contributed by atoms with Gasteiger partial charge in [0, 0.05) is 5.41 Å². The van der Waals surface area contributed by atoms with Gasteiger partial charge in [0.05, 0.1) is 0 Å². The highest BCUT2D eigenvalue weighted by atomic mass is 16.5. The van der Waals surface area contributed by atoms with Gasteiger partial charge in [-0.2, -0.15) is 0 Å². The molecule has 3 unspecified atom stereocenters. The van der Waals surface area contributed by atoms with Crippen LogP contribution in [0.5, 0.6) is 0 Å². The quantitative estimate of drug-likeness (QED) is 0.796. The van der Waals surface area contributed by atoms with Crippen LogP contribution in [0.4, 0.5) is 0 Å². The maximum Gasteiger partial charge on any atom is 0.323 e. The largest absolute Gasteiger partial charge is 0.461 e. The van der Waals surface area contributed by atoms with E-state index in [9.17, 15) is 4.79 Å². The van der Waals surface area contributed by atoms with Crippen LogP contribution in [0.15, 0.2) is 0 Å². The number of ether oxygens (including phenoxy) is 1. The lowest BCUT2D eigenvalue weighted by molar-refractivity contribution is -0.158. The Bertz CT molecular complexity index is 364. The molecule has 0 aliphatic heterocycles. The van der Waals surface area contributed by atoms with Gasteiger partial charge in [0.1, 0.15) is 12.1 Å². The number of nitrogens with two attached hydrogens (primary N) is 1. The highest BCUT2D eigenvalue weighted by Crippen LogP contribution is 2.66. The van der Waals surface area contributed by atoms with E-state index in [2.05, 4.69) is 34.6 Å². The Labute approximate surface area is 117 Å². The first-order valence-corrected chi connectivity index (χ1v) is 7.64. The molecular weight excluding hydrogens is 238 g/mol. The van der Waals surface area contributed by atoms with E-state index < -0.39 is 6.04 Å². The van der Waals surface area contributed by atoms with Crippen molar-refractivity contribution in [1.29, 1.82) is 0 Å². The summed E-state index contributed by atoms with van der Waals surface area (Å²) in [5.41, 5.74) is 6.34. The van der Waals surface area contributed by atoms with Crippen LogP contribution in [0.25, 0.3) is 0 Å². The van der Waals surface area contributed by atoms with E-state index in [0.717, 1.165) is 6.42 Å². The Balaban J connectivity index is 2.00. The van der Waals surface area contributed by atoms with Crippen molar-refractivity contribution in [1.82, 2.24) is 0 Å². The number of fused-ring (bicyclic) bond motifs is 2. The van der Waals surface area contributed by atoms with E-state index >= 15 is 0 Å². The second-order valence-electron chi connectivity index (χ2n) is 7.77. The van der Waals surface area contributed by atoms with E-state index in [4.69, 9.17) is 10.5 Å². The normalized spacial score (nSPS) is 37.6. The summed E-state index contributed by atoms with van der Waals surface area (Å²) in [4.78, 5) is 12.1. The van der Waals surface area contributed by atoms with Crippen LogP contribution in [-0.4, -0.2) is 18.1 Å². The number of carbonyl (C=O) groups is 1. The Hall–Kier alpha value is -0.570. The van der Waals surface area contributed by atoms with Gasteiger partial charge in [-0.25, -0.2) is 0 Å². The number of carbonyl (C=O) groups excluding carboxylic acids is 1. The Kier molecular flexibility index (Phi) is 3.72. The SMILES string of the molecule is CC(C)C[C@H](N)C(=O)OC1CC2CCC1(C)C2(C)C. The number of esters is 1. The van der Waals surface area contributed by atoms with Crippen LogP contribution < -0.4 is 5.73 Å². The molecule has 0 aromatic heterocycles. The molecule has 0 amide bonds. The molecule has 2 aliphatic rings. The summed E-state index contributed by atoms with van der Waals surface area (Å²) in [6, 6.07) is -0.467. The van der Waals surface area contributed by atoms with E-state index in [0.29, 0.717) is 18.3 Å². The number of hydrogen-bond acceptors (Lipinski definition) is 3. The molecule has 0 aromatic carbocycles. The predicted molar refractivity (Wildman–Crippen MR) is 76.5 cm³/mol. The van der Waals surface area contributed by atoms with Crippen LogP contribution in [0.1, 0.15) is 60.3 Å². The molecule has 0 spiro atoms. The molecule has 2 saturated carbocycles. The van der Waals surface area contributed by atoms with Gasteiger partial charge < -0.3 is 10.5 Å². The minimum absolute atomic E-state index is 0.0620. The third-order valence-corrected chi connectivity index (χ3v) is 6.00. The summed E-state index contributed by atoms with van der Waals surface area (Å²) in [5, 5.41) is 0. The van der Waals surface area contributed by atoms with Crippen LogP contribution in [0.2, 0.25) is 0 Å². The van der Waals surface area contributed by atoms with Crippen molar-refractivity contribution < 1.29 is 9.53 Å². The average molecular weight is 267 g/mol. The summed E-state index contributed by atoms with van der Waals surface area (Å²) in [7, 11) is 0. The standard InChI is InChI=1S/C16H29NO2/c1-10(2)8-12(17)14(18)19-13-9-11-6-7-16(13,5)15(11,3)4/h10-13H,6-9,17H2,1-5H3/t11?,12-,13?,16?/m0/s1. The third-order valence-electron chi connectivity index (χ3n) is 6.00. The summed E-state index contributed by atoms with van der Waals surface area (Å²) >= 11 is 0. The molecule has 2 fully saturated rings. The van der Waals surface area contributed by atoms with Crippen molar-refractivity contribution in [3.05, 3.63) is 0 Å². The molecule has 4 atom stereocenters. The lowest BCUT2D eigenvalue weighted by Crippen LogP contribution is -2.42. The maximum absolute atomic E-state index is 12.1. The minimum atomic E-state index is -0.467. The van der Waals surface area contributed by atoms with Gasteiger partial charge >= 0.3 is 5.97 Å². The molecule has 3 heteroatoms. The number of rotatable bonds is 4. The molecule has 0 heterocycles. The van der Waals surface area contributed by atoms with Crippen molar-refractivity contribution in [2.24, 2.45) is 28.4 Å². The second kappa shape index (κ2) is 4.76. The summed E-state index contributed by atoms with van der Waals surface area (Å²) < 4.78 is 5.78. The molecule has 19 heavy (non-hydrogen) atoms. The zero-order valence-electron chi connectivity index (χ0n) is 13.0. The first-order chi connectivity index (χ1) is 8.68. The highest BCUT2D eigenvalue weighted by molar-refractivity contribution is 5.75. The molecule has 110 valence electrons. The van der Waals surface area contributed by atoms with Crippen LogP contribution in [0, 0.1) is 22.7 Å². The van der Waals surface area contributed by atoms with Crippen LogP contribution in [-0.2, 0) is 9.53 Å². The average Bonchev–Trinajstić information content (AvgIpc) is 2.61. The van der Waals surface area contributed by atoms with Gasteiger partial charge in [-0.1, -0.05) is 34.6 Å². The van der Waals surface area contributed by atoms with Crippen molar-refractivity contribution in [3.63, 3.8) is 0 Å².